The molecule has 0 saturated heterocycles. The van der Waals surface area contributed by atoms with Gasteiger partial charge in [0.1, 0.15) is 0 Å². The quantitative estimate of drug-likeness (QED) is 0.884. The van der Waals surface area contributed by atoms with E-state index in [1.807, 2.05) is 6.07 Å². The van der Waals surface area contributed by atoms with Crippen LogP contribution in [0.25, 0.3) is 0 Å². The fourth-order valence-corrected chi connectivity index (χ4v) is 1.80. The first kappa shape index (κ1) is 11.8. The molecular weight excluding hydrogens is 224 g/mol. The van der Waals surface area contributed by atoms with E-state index in [1.54, 1.807) is 25.6 Å². The lowest BCUT2D eigenvalue weighted by Gasteiger charge is -2.16. The van der Waals surface area contributed by atoms with Crippen molar-refractivity contribution in [1.29, 1.82) is 0 Å². The van der Waals surface area contributed by atoms with E-state index in [1.165, 1.54) is 6.07 Å². The van der Waals surface area contributed by atoms with E-state index < -0.39 is 11.6 Å². The summed E-state index contributed by atoms with van der Waals surface area (Å²) in [6.45, 7) is 0. The highest BCUT2D eigenvalue weighted by Gasteiger charge is 2.17. The lowest BCUT2D eigenvalue weighted by Crippen LogP contribution is -2.20. The van der Waals surface area contributed by atoms with Gasteiger partial charge in [-0.3, -0.25) is 0 Å². The van der Waals surface area contributed by atoms with Crippen LogP contribution in [-0.2, 0) is 6.42 Å². The molecule has 0 amide bonds. The molecule has 1 aromatic heterocycles. The third kappa shape index (κ3) is 2.53. The molecular formula is C13H13F2NO. The van der Waals surface area contributed by atoms with Crippen LogP contribution in [0.1, 0.15) is 17.2 Å². The van der Waals surface area contributed by atoms with Gasteiger partial charge in [0.05, 0.1) is 12.5 Å². The van der Waals surface area contributed by atoms with E-state index in [0.717, 1.165) is 11.6 Å². The number of benzene rings is 1. The zero-order chi connectivity index (χ0) is 12.3. The molecule has 2 rings (SSSR count). The number of halogens is 2. The zero-order valence-corrected chi connectivity index (χ0v) is 9.41. The Hall–Kier alpha value is -1.68. The first-order chi connectivity index (χ1) is 8.22. The van der Waals surface area contributed by atoms with Crippen LogP contribution in [0.2, 0.25) is 0 Å². The number of furan rings is 1. The maximum absolute atomic E-state index is 13.6. The lowest BCUT2D eigenvalue weighted by atomic mass is 10.00. The fourth-order valence-electron chi connectivity index (χ4n) is 1.80. The lowest BCUT2D eigenvalue weighted by molar-refractivity contribution is 0.472. The summed E-state index contributed by atoms with van der Waals surface area (Å²) in [5, 5.41) is 2.98. The highest BCUT2D eigenvalue weighted by Crippen LogP contribution is 2.22. The topological polar surface area (TPSA) is 25.2 Å². The van der Waals surface area contributed by atoms with Crippen molar-refractivity contribution in [3.05, 3.63) is 59.6 Å². The van der Waals surface area contributed by atoms with Crippen LogP contribution in [0.15, 0.2) is 41.2 Å². The largest absolute Gasteiger partial charge is 0.472 e. The molecule has 0 aliphatic heterocycles. The molecule has 1 aromatic carbocycles. The molecule has 0 aliphatic rings. The van der Waals surface area contributed by atoms with E-state index >= 15 is 0 Å². The highest BCUT2D eigenvalue weighted by molar-refractivity contribution is 5.24. The number of rotatable bonds is 4. The smallest absolute Gasteiger partial charge is 0.163 e. The molecule has 0 spiro atoms. The number of likely N-dealkylation sites (N-methyl/N-ethyl adjacent to an activating group) is 1. The predicted molar refractivity (Wildman–Crippen MR) is 60.6 cm³/mol. The minimum absolute atomic E-state index is 0.275. The van der Waals surface area contributed by atoms with Crippen molar-refractivity contribution in [2.75, 3.05) is 7.05 Å². The van der Waals surface area contributed by atoms with Crippen molar-refractivity contribution in [3.8, 4) is 0 Å². The van der Waals surface area contributed by atoms with Crippen LogP contribution >= 0.6 is 0 Å². The van der Waals surface area contributed by atoms with E-state index in [-0.39, 0.29) is 6.04 Å². The first-order valence-electron chi connectivity index (χ1n) is 5.34. The van der Waals surface area contributed by atoms with Crippen LogP contribution in [0.3, 0.4) is 0 Å². The summed E-state index contributed by atoms with van der Waals surface area (Å²) in [5.41, 5.74) is 1.27. The molecule has 1 atom stereocenters. The van der Waals surface area contributed by atoms with Gasteiger partial charge in [-0.15, -0.1) is 0 Å². The average Bonchev–Trinajstić information content (AvgIpc) is 2.83. The Labute approximate surface area is 98.3 Å². The molecule has 4 heteroatoms. The summed E-state index contributed by atoms with van der Waals surface area (Å²) < 4.78 is 31.7. The van der Waals surface area contributed by atoms with Gasteiger partial charge in [0.15, 0.2) is 11.6 Å². The summed E-state index contributed by atoms with van der Waals surface area (Å²) in [7, 11) is 1.72. The summed E-state index contributed by atoms with van der Waals surface area (Å²) in [4.78, 5) is 0. The van der Waals surface area contributed by atoms with Gasteiger partial charge in [-0.05, 0) is 31.2 Å². The Morgan fingerprint density at radius 2 is 2.12 bits per heavy atom. The summed E-state index contributed by atoms with van der Waals surface area (Å²) >= 11 is 0. The Balaban J connectivity index is 2.26. The average molecular weight is 237 g/mol. The van der Waals surface area contributed by atoms with E-state index in [2.05, 4.69) is 5.32 Å². The fraction of sp³-hybridized carbons (Fsp3) is 0.231. The maximum atomic E-state index is 13.6. The molecule has 90 valence electrons. The second kappa shape index (κ2) is 5.10. The van der Waals surface area contributed by atoms with E-state index in [9.17, 15) is 8.78 Å². The minimum atomic E-state index is -0.824. The summed E-state index contributed by atoms with van der Waals surface area (Å²) in [5.74, 6) is -1.62. The molecule has 2 nitrogen and oxygen atoms in total. The molecule has 1 N–H and O–H groups in total. The number of hydrogen-bond donors (Lipinski definition) is 1. The van der Waals surface area contributed by atoms with Gasteiger partial charge < -0.3 is 9.73 Å². The SMILES string of the molecule is CNC(Cc1ccoc1)c1cccc(F)c1F. The second-order valence-electron chi connectivity index (χ2n) is 3.82. The molecule has 0 radical (unpaired) electrons. The van der Waals surface area contributed by atoms with Gasteiger partial charge >= 0.3 is 0 Å². The summed E-state index contributed by atoms with van der Waals surface area (Å²) in [6.07, 6.45) is 3.71. The van der Waals surface area contributed by atoms with Crippen molar-refractivity contribution in [2.45, 2.75) is 12.5 Å². The van der Waals surface area contributed by atoms with Crippen molar-refractivity contribution in [3.63, 3.8) is 0 Å². The van der Waals surface area contributed by atoms with Gasteiger partial charge in [-0.1, -0.05) is 12.1 Å². The Morgan fingerprint density at radius 3 is 2.76 bits per heavy atom. The number of nitrogens with one attached hydrogen (secondary N) is 1. The molecule has 2 aromatic rings. The third-order valence-corrected chi connectivity index (χ3v) is 2.73. The normalized spacial score (nSPS) is 12.6. The van der Waals surface area contributed by atoms with Crippen molar-refractivity contribution in [2.24, 2.45) is 0 Å². The highest BCUT2D eigenvalue weighted by atomic mass is 19.2. The van der Waals surface area contributed by atoms with Crippen molar-refractivity contribution < 1.29 is 13.2 Å². The first-order valence-corrected chi connectivity index (χ1v) is 5.34. The third-order valence-electron chi connectivity index (χ3n) is 2.73. The second-order valence-corrected chi connectivity index (χ2v) is 3.82. The molecule has 1 heterocycles. The molecule has 1 unspecified atom stereocenters. The Kier molecular flexibility index (Phi) is 3.54. The zero-order valence-electron chi connectivity index (χ0n) is 9.41. The molecule has 0 saturated carbocycles. The molecule has 0 fully saturated rings. The predicted octanol–water partition coefficient (Wildman–Crippen LogP) is 3.06. The molecule has 17 heavy (non-hydrogen) atoms. The van der Waals surface area contributed by atoms with E-state index in [0.29, 0.717) is 12.0 Å². The van der Waals surface area contributed by atoms with Crippen molar-refractivity contribution >= 4 is 0 Å². The van der Waals surface area contributed by atoms with Gasteiger partial charge in [0, 0.05) is 11.6 Å². The van der Waals surface area contributed by atoms with Crippen LogP contribution < -0.4 is 5.32 Å². The monoisotopic (exact) mass is 237 g/mol. The number of hydrogen-bond acceptors (Lipinski definition) is 2. The van der Waals surface area contributed by atoms with Crippen LogP contribution in [0, 0.1) is 11.6 Å². The Morgan fingerprint density at radius 1 is 1.29 bits per heavy atom. The van der Waals surface area contributed by atoms with Crippen LogP contribution in [0.4, 0.5) is 8.78 Å². The minimum Gasteiger partial charge on any atom is -0.472 e. The standard InChI is InChI=1S/C13H13F2NO/c1-16-12(7-9-5-6-17-8-9)10-3-2-4-11(14)13(10)15/h2-6,8,12,16H,7H2,1H3. The van der Waals surface area contributed by atoms with Crippen LogP contribution in [-0.4, -0.2) is 7.05 Å². The molecule has 0 aliphatic carbocycles. The summed E-state index contributed by atoms with van der Waals surface area (Å²) in [6, 6.07) is 5.74. The van der Waals surface area contributed by atoms with Gasteiger partial charge in [0.2, 0.25) is 0 Å². The molecule has 0 bridgehead atoms. The van der Waals surface area contributed by atoms with E-state index in [4.69, 9.17) is 4.42 Å². The van der Waals surface area contributed by atoms with Crippen LogP contribution in [0.5, 0.6) is 0 Å². The van der Waals surface area contributed by atoms with Gasteiger partial charge in [0.25, 0.3) is 0 Å². The van der Waals surface area contributed by atoms with Gasteiger partial charge in [-0.2, -0.15) is 0 Å². The van der Waals surface area contributed by atoms with Gasteiger partial charge in [-0.25, -0.2) is 8.78 Å². The van der Waals surface area contributed by atoms with Crippen molar-refractivity contribution in [1.82, 2.24) is 5.32 Å². The maximum Gasteiger partial charge on any atom is 0.163 e. The Bertz CT molecular complexity index is 482.